The van der Waals surface area contributed by atoms with E-state index in [2.05, 4.69) is 28.1 Å². The van der Waals surface area contributed by atoms with Gasteiger partial charge in [0.2, 0.25) is 5.91 Å². The van der Waals surface area contributed by atoms with Crippen molar-refractivity contribution in [2.45, 2.75) is 46.0 Å². The highest BCUT2D eigenvalue weighted by Gasteiger charge is 2.09. The van der Waals surface area contributed by atoms with Gasteiger partial charge in [0.25, 0.3) is 0 Å². The Morgan fingerprint density at radius 1 is 0.968 bits per heavy atom. The molecular weight excluding hydrogens is 394 g/mol. The van der Waals surface area contributed by atoms with Crippen LogP contribution in [0.1, 0.15) is 44.2 Å². The van der Waals surface area contributed by atoms with Crippen molar-refractivity contribution in [1.29, 1.82) is 0 Å². The van der Waals surface area contributed by atoms with Crippen LogP contribution in [0.25, 0.3) is 0 Å². The third kappa shape index (κ3) is 11.1. The fourth-order valence-electron chi connectivity index (χ4n) is 3.00. The number of aryl methyl sites for hydroxylation is 2. The predicted octanol–water partition coefficient (Wildman–Crippen LogP) is 2.42. The van der Waals surface area contributed by atoms with Gasteiger partial charge in [-0.1, -0.05) is 36.4 Å². The van der Waals surface area contributed by atoms with Gasteiger partial charge in [-0.25, -0.2) is 0 Å². The van der Waals surface area contributed by atoms with Gasteiger partial charge < -0.3 is 20.7 Å². The SMILES string of the molecule is C/C=C\C(=C/C)NC(=O)COCCCc1ccccc1CCCCNC(=O)C(=O)NC. The van der Waals surface area contributed by atoms with Crippen molar-refractivity contribution < 1.29 is 19.1 Å². The van der Waals surface area contributed by atoms with Crippen LogP contribution >= 0.6 is 0 Å². The van der Waals surface area contributed by atoms with E-state index in [-0.39, 0.29) is 12.5 Å². The number of hydrogen-bond donors (Lipinski definition) is 3. The van der Waals surface area contributed by atoms with Crippen molar-refractivity contribution in [1.82, 2.24) is 16.0 Å². The van der Waals surface area contributed by atoms with Crippen LogP contribution in [0.5, 0.6) is 0 Å². The summed E-state index contributed by atoms with van der Waals surface area (Å²) in [5, 5.41) is 7.70. The van der Waals surface area contributed by atoms with Crippen LogP contribution in [-0.2, 0) is 32.0 Å². The summed E-state index contributed by atoms with van der Waals surface area (Å²) in [5.41, 5.74) is 3.31. The van der Waals surface area contributed by atoms with E-state index in [1.54, 1.807) is 0 Å². The minimum atomic E-state index is -0.620. The van der Waals surface area contributed by atoms with Crippen LogP contribution in [0.3, 0.4) is 0 Å². The summed E-state index contributed by atoms with van der Waals surface area (Å²) in [4.78, 5) is 34.4. The summed E-state index contributed by atoms with van der Waals surface area (Å²) < 4.78 is 5.51. The summed E-state index contributed by atoms with van der Waals surface area (Å²) >= 11 is 0. The minimum Gasteiger partial charge on any atom is -0.372 e. The number of carbonyl (C=O) groups is 3. The highest BCUT2D eigenvalue weighted by atomic mass is 16.5. The number of carbonyl (C=O) groups excluding carboxylic acids is 3. The van der Waals surface area contributed by atoms with E-state index in [0.29, 0.717) is 13.2 Å². The Kier molecular flexibility index (Phi) is 13.3. The molecule has 7 nitrogen and oxygen atoms in total. The fourth-order valence-corrected chi connectivity index (χ4v) is 3.00. The zero-order chi connectivity index (χ0) is 22.9. The van der Waals surface area contributed by atoms with Crippen LogP contribution in [0, 0.1) is 0 Å². The summed E-state index contributed by atoms with van der Waals surface area (Å²) in [5.74, 6) is -1.37. The molecular formula is C24H35N3O4. The molecule has 0 atom stereocenters. The molecule has 0 aliphatic rings. The standard InChI is InChI=1S/C24H35N3O4/c1-4-11-21(5-2)27-22(28)18-31-17-10-15-20-13-7-6-12-19(20)14-8-9-16-26-24(30)23(29)25-3/h4-7,11-13H,8-10,14-18H2,1-3H3,(H,25,29)(H,26,30)(H,27,28)/b11-4-,21-5+. The maximum atomic E-state index is 11.9. The van der Waals surface area contributed by atoms with Gasteiger partial charge in [-0.2, -0.15) is 0 Å². The third-order valence-corrected chi connectivity index (χ3v) is 4.62. The molecule has 0 saturated heterocycles. The molecule has 0 saturated carbocycles. The van der Waals surface area contributed by atoms with Gasteiger partial charge in [-0.15, -0.1) is 0 Å². The topological polar surface area (TPSA) is 96.5 Å². The minimum absolute atomic E-state index is 0.0400. The number of nitrogens with one attached hydrogen (secondary N) is 3. The molecule has 1 rings (SSSR count). The lowest BCUT2D eigenvalue weighted by molar-refractivity contribution is -0.138. The second-order valence-corrected chi connectivity index (χ2v) is 7.01. The molecule has 0 aliphatic carbocycles. The molecule has 1 aromatic carbocycles. The van der Waals surface area contributed by atoms with Crippen molar-refractivity contribution in [3.05, 3.63) is 59.3 Å². The lowest BCUT2D eigenvalue weighted by Crippen LogP contribution is -2.38. The number of amides is 3. The lowest BCUT2D eigenvalue weighted by atomic mass is 9.98. The van der Waals surface area contributed by atoms with Crippen molar-refractivity contribution in [3.63, 3.8) is 0 Å². The molecule has 7 heteroatoms. The summed E-state index contributed by atoms with van der Waals surface area (Å²) in [7, 11) is 1.43. The average Bonchev–Trinajstić information content (AvgIpc) is 2.78. The second kappa shape index (κ2) is 15.8. The van der Waals surface area contributed by atoms with Gasteiger partial charge in [0.05, 0.1) is 0 Å². The third-order valence-electron chi connectivity index (χ3n) is 4.62. The van der Waals surface area contributed by atoms with E-state index in [1.807, 2.05) is 44.2 Å². The molecule has 0 spiro atoms. The van der Waals surface area contributed by atoms with Crippen molar-refractivity contribution >= 4 is 17.7 Å². The van der Waals surface area contributed by atoms with Gasteiger partial charge in [0, 0.05) is 25.9 Å². The lowest BCUT2D eigenvalue weighted by Gasteiger charge is -2.10. The van der Waals surface area contributed by atoms with E-state index in [9.17, 15) is 14.4 Å². The Morgan fingerprint density at radius 2 is 1.65 bits per heavy atom. The van der Waals surface area contributed by atoms with Gasteiger partial charge in [0.15, 0.2) is 0 Å². The molecule has 31 heavy (non-hydrogen) atoms. The normalized spacial score (nSPS) is 11.4. The number of unbranched alkanes of at least 4 members (excludes halogenated alkanes) is 1. The number of hydrogen-bond acceptors (Lipinski definition) is 4. The molecule has 170 valence electrons. The Bertz CT molecular complexity index is 772. The maximum absolute atomic E-state index is 11.9. The van der Waals surface area contributed by atoms with E-state index < -0.39 is 11.8 Å². The first kappa shape index (κ1) is 26.1. The van der Waals surface area contributed by atoms with Gasteiger partial charge in [0.1, 0.15) is 6.61 Å². The van der Waals surface area contributed by atoms with Gasteiger partial charge >= 0.3 is 11.8 Å². The first-order valence-corrected chi connectivity index (χ1v) is 10.7. The van der Waals surface area contributed by atoms with E-state index >= 15 is 0 Å². The summed E-state index contributed by atoms with van der Waals surface area (Å²) in [6, 6.07) is 8.28. The van der Waals surface area contributed by atoms with E-state index in [1.165, 1.54) is 18.2 Å². The number of ether oxygens (including phenoxy) is 1. The van der Waals surface area contributed by atoms with E-state index in [4.69, 9.17) is 4.74 Å². The fraction of sp³-hybridized carbons (Fsp3) is 0.458. The molecule has 3 N–H and O–H groups in total. The number of likely N-dealkylation sites (N-methyl/N-ethyl adjacent to an activating group) is 1. The van der Waals surface area contributed by atoms with Crippen LogP contribution in [0.4, 0.5) is 0 Å². The van der Waals surface area contributed by atoms with Gasteiger partial charge in [-0.3, -0.25) is 14.4 Å². The van der Waals surface area contributed by atoms with Crippen molar-refractivity contribution in [3.8, 4) is 0 Å². The van der Waals surface area contributed by atoms with Crippen molar-refractivity contribution in [2.75, 3.05) is 26.8 Å². The zero-order valence-electron chi connectivity index (χ0n) is 18.8. The Labute approximate surface area is 185 Å². The first-order valence-electron chi connectivity index (χ1n) is 10.7. The zero-order valence-corrected chi connectivity index (χ0v) is 18.8. The van der Waals surface area contributed by atoms with Crippen LogP contribution in [0.15, 0.2) is 48.2 Å². The highest BCUT2D eigenvalue weighted by molar-refractivity contribution is 6.34. The Balaban J connectivity index is 2.29. The molecule has 0 aromatic heterocycles. The number of allylic oxidation sites excluding steroid dienone is 3. The molecule has 0 heterocycles. The molecule has 3 amide bonds. The smallest absolute Gasteiger partial charge is 0.309 e. The molecule has 0 unspecified atom stereocenters. The Morgan fingerprint density at radius 3 is 2.26 bits per heavy atom. The molecule has 0 radical (unpaired) electrons. The molecule has 1 aromatic rings. The summed E-state index contributed by atoms with van der Waals surface area (Å²) in [6.07, 6.45) is 9.89. The number of rotatable bonds is 13. The maximum Gasteiger partial charge on any atom is 0.309 e. The Hall–Kier alpha value is -2.93. The molecule has 0 fully saturated rings. The first-order chi connectivity index (χ1) is 15.0. The monoisotopic (exact) mass is 429 g/mol. The largest absolute Gasteiger partial charge is 0.372 e. The molecule has 0 aliphatic heterocycles. The number of benzene rings is 1. The molecule has 0 bridgehead atoms. The van der Waals surface area contributed by atoms with Crippen LogP contribution in [-0.4, -0.2) is 44.5 Å². The highest BCUT2D eigenvalue weighted by Crippen LogP contribution is 2.14. The van der Waals surface area contributed by atoms with Crippen LogP contribution < -0.4 is 16.0 Å². The van der Waals surface area contributed by atoms with Crippen molar-refractivity contribution in [2.24, 2.45) is 0 Å². The van der Waals surface area contributed by atoms with E-state index in [0.717, 1.165) is 37.8 Å². The second-order valence-electron chi connectivity index (χ2n) is 7.01. The van der Waals surface area contributed by atoms with Gasteiger partial charge in [-0.05, 0) is 63.2 Å². The predicted molar refractivity (Wildman–Crippen MR) is 122 cm³/mol. The quantitative estimate of drug-likeness (QED) is 0.255. The van der Waals surface area contributed by atoms with Crippen LogP contribution in [0.2, 0.25) is 0 Å². The average molecular weight is 430 g/mol. The summed E-state index contributed by atoms with van der Waals surface area (Å²) in [6.45, 7) is 4.80.